The van der Waals surface area contributed by atoms with Gasteiger partial charge >= 0.3 is 5.97 Å². The Hall–Kier alpha value is -2.29. The largest absolute Gasteiger partial charge is 0.423 e. The van der Waals surface area contributed by atoms with Gasteiger partial charge in [0, 0.05) is 0 Å². The molecule has 2 aromatic carbocycles. The van der Waals surface area contributed by atoms with E-state index in [0.29, 0.717) is 16.7 Å². The lowest BCUT2D eigenvalue weighted by atomic mass is 9.80. The van der Waals surface area contributed by atoms with Crippen molar-refractivity contribution < 1.29 is 35.1 Å². The second-order valence-electron chi connectivity index (χ2n) is 11.9. The number of rotatable bonds is 7. The van der Waals surface area contributed by atoms with E-state index < -0.39 is 34.0 Å². The van der Waals surface area contributed by atoms with Crippen molar-refractivity contribution in [2.24, 2.45) is 0 Å². The SMILES string of the molecule is CC(C)(O)c1cc(OC(=O)c2c(C(C)(C)O)cc(C(C)(C)O)cc2C(C)(C)O)cc(C(C)(C)O)c1. The van der Waals surface area contributed by atoms with Crippen LogP contribution in [-0.4, -0.2) is 31.5 Å². The highest BCUT2D eigenvalue weighted by Crippen LogP contribution is 2.38. The van der Waals surface area contributed by atoms with Gasteiger partial charge in [-0.15, -0.1) is 0 Å². The maximum absolute atomic E-state index is 13.6. The minimum Gasteiger partial charge on any atom is -0.423 e. The first-order valence-corrected chi connectivity index (χ1v) is 11.6. The molecule has 0 fully saturated rings. The Morgan fingerprint density at radius 1 is 0.543 bits per heavy atom. The molecular formula is C28H40O7. The lowest BCUT2D eigenvalue weighted by Crippen LogP contribution is -2.30. The highest BCUT2D eigenvalue weighted by Gasteiger charge is 2.35. The summed E-state index contributed by atoms with van der Waals surface area (Å²) in [6, 6.07) is 7.71. The zero-order chi connectivity index (χ0) is 27.4. The fourth-order valence-electron chi connectivity index (χ4n) is 3.70. The number of ether oxygens (including phenoxy) is 1. The van der Waals surface area contributed by atoms with Gasteiger partial charge in [-0.3, -0.25) is 0 Å². The molecule has 5 N–H and O–H groups in total. The average molecular weight is 489 g/mol. The van der Waals surface area contributed by atoms with Gasteiger partial charge < -0.3 is 30.3 Å². The predicted molar refractivity (Wildman–Crippen MR) is 134 cm³/mol. The van der Waals surface area contributed by atoms with E-state index in [9.17, 15) is 30.3 Å². The summed E-state index contributed by atoms with van der Waals surface area (Å²) < 4.78 is 5.72. The van der Waals surface area contributed by atoms with Crippen LogP contribution in [0, 0.1) is 0 Å². The first kappa shape index (κ1) is 28.9. The molecule has 7 nitrogen and oxygen atoms in total. The van der Waals surface area contributed by atoms with E-state index in [1.54, 1.807) is 47.6 Å². The molecule has 0 aromatic heterocycles. The molecule has 0 heterocycles. The Bertz CT molecular complexity index is 1030. The van der Waals surface area contributed by atoms with E-state index in [1.165, 1.54) is 52.0 Å². The predicted octanol–water partition coefficient (Wildman–Crippen LogP) is 4.04. The van der Waals surface area contributed by atoms with Crippen LogP contribution in [0.15, 0.2) is 30.3 Å². The molecule has 7 heteroatoms. The summed E-state index contributed by atoms with van der Waals surface area (Å²) in [7, 11) is 0. The van der Waals surface area contributed by atoms with Crippen LogP contribution in [-0.2, 0) is 28.0 Å². The van der Waals surface area contributed by atoms with Crippen LogP contribution in [0.3, 0.4) is 0 Å². The highest BCUT2D eigenvalue weighted by molar-refractivity contribution is 5.95. The number of carbonyl (C=O) groups is 1. The van der Waals surface area contributed by atoms with Gasteiger partial charge in [-0.2, -0.15) is 0 Å². The van der Waals surface area contributed by atoms with Gasteiger partial charge in [0.1, 0.15) is 5.75 Å². The van der Waals surface area contributed by atoms with Crippen molar-refractivity contribution in [2.75, 3.05) is 0 Å². The molecule has 0 spiro atoms. The third-order valence-electron chi connectivity index (χ3n) is 5.90. The Balaban J connectivity index is 2.79. The number of aliphatic hydroxyl groups is 5. The minimum atomic E-state index is -1.51. The molecule has 2 aromatic rings. The lowest BCUT2D eigenvalue weighted by Gasteiger charge is -2.31. The van der Waals surface area contributed by atoms with E-state index in [2.05, 4.69) is 0 Å². The van der Waals surface area contributed by atoms with Gasteiger partial charge in [0.25, 0.3) is 0 Å². The van der Waals surface area contributed by atoms with Gasteiger partial charge in [0.05, 0.1) is 33.6 Å². The molecule has 0 aliphatic carbocycles. The standard InChI is InChI=1S/C28H40O7/c1-24(2,30)16-11-17(25(3,4)31)13-19(12-16)35-23(29)22-20(27(7,8)33)14-18(26(5,6)32)15-21(22)28(9,10)34/h11-15,30-34H,1-10H3. The van der Waals surface area contributed by atoms with Crippen LogP contribution in [0.1, 0.15) is 107 Å². The maximum Gasteiger partial charge on any atom is 0.344 e. The van der Waals surface area contributed by atoms with Crippen molar-refractivity contribution in [1.82, 2.24) is 0 Å². The van der Waals surface area contributed by atoms with Crippen LogP contribution < -0.4 is 4.74 Å². The van der Waals surface area contributed by atoms with Crippen molar-refractivity contribution in [2.45, 2.75) is 97.2 Å². The Morgan fingerprint density at radius 3 is 1.14 bits per heavy atom. The van der Waals surface area contributed by atoms with E-state index >= 15 is 0 Å². The summed E-state index contributed by atoms with van der Waals surface area (Å²) in [5.41, 5.74) is -5.25. The van der Waals surface area contributed by atoms with E-state index in [-0.39, 0.29) is 22.4 Å². The summed E-state index contributed by atoms with van der Waals surface area (Å²) in [6.07, 6.45) is 0. The first-order valence-electron chi connectivity index (χ1n) is 11.6. The second kappa shape index (κ2) is 8.98. The summed E-state index contributed by atoms with van der Waals surface area (Å²) in [5.74, 6) is -0.752. The van der Waals surface area contributed by atoms with Gasteiger partial charge in [-0.25, -0.2) is 4.79 Å². The Morgan fingerprint density at radius 2 is 0.857 bits per heavy atom. The molecule has 0 amide bonds. The fourth-order valence-corrected chi connectivity index (χ4v) is 3.70. The zero-order valence-electron chi connectivity index (χ0n) is 22.4. The van der Waals surface area contributed by atoms with Gasteiger partial charge in [0.2, 0.25) is 0 Å². The van der Waals surface area contributed by atoms with E-state index in [0.717, 1.165) is 0 Å². The van der Waals surface area contributed by atoms with Crippen molar-refractivity contribution in [1.29, 1.82) is 0 Å². The van der Waals surface area contributed by atoms with Crippen molar-refractivity contribution in [3.05, 3.63) is 63.7 Å². The summed E-state index contributed by atoms with van der Waals surface area (Å²) in [4.78, 5) is 13.6. The quantitative estimate of drug-likeness (QED) is 0.294. The molecule has 0 aliphatic rings. The number of benzene rings is 2. The molecule has 0 bridgehead atoms. The molecule has 0 unspecified atom stereocenters. The van der Waals surface area contributed by atoms with Crippen LogP contribution in [0.25, 0.3) is 0 Å². The number of hydrogen-bond donors (Lipinski definition) is 5. The topological polar surface area (TPSA) is 127 Å². The third kappa shape index (κ3) is 6.90. The zero-order valence-corrected chi connectivity index (χ0v) is 22.4. The average Bonchev–Trinajstić information content (AvgIpc) is 2.63. The molecule has 0 saturated carbocycles. The molecule has 0 radical (unpaired) electrons. The summed E-state index contributed by atoms with van der Waals surface area (Å²) in [6.45, 7) is 15.5. The van der Waals surface area contributed by atoms with Crippen LogP contribution in [0.2, 0.25) is 0 Å². The van der Waals surface area contributed by atoms with Gasteiger partial charge in [-0.05, 0) is 127 Å². The van der Waals surface area contributed by atoms with Gasteiger partial charge in [-0.1, -0.05) is 0 Å². The minimum absolute atomic E-state index is 0.0310. The monoisotopic (exact) mass is 488 g/mol. The van der Waals surface area contributed by atoms with Gasteiger partial charge in [0.15, 0.2) is 0 Å². The number of esters is 1. The van der Waals surface area contributed by atoms with Crippen molar-refractivity contribution >= 4 is 5.97 Å². The lowest BCUT2D eigenvalue weighted by molar-refractivity contribution is 0.0551. The molecule has 0 atom stereocenters. The normalized spacial score (nSPS) is 13.7. The smallest absolute Gasteiger partial charge is 0.344 e. The van der Waals surface area contributed by atoms with E-state index in [1.807, 2.05) is 0 Å². The third-order valence-corrected chi connectivity index (χ3v) is 5.90. The first-order chi connectivity index (χ1) is 15.4. The fraction of sp³-hybridized carbons (Fsp3) is 0.536. The Kier molecular flexibility index (Phi) is 7.43. The molecule has 0 saturated heterocycles. The van der Waals surface area contributed by atoms with Crippen LogP contribution >= 0.6 is 0 Å². The second-order valence-corrected chi connectivity index (χ2v) is 11.9. The van der Waals surface area contributed by atoms with Crippen LogP contribution in [0.4, 0.5) is 0 Å². The maximum atomic E-state index is 13.6. The summed E-state index contributed by atoms with van der Waals surface area (Å²) >= 11 is 0. The molecule has 2 rings (SSSR count). The molecule has 0 aliphatic heterocycles. The summed E-state index contributed by atoms with van der Waals surface area (Å²) in [5, 5.41) is 53.6. The highest BCUT2D eigenvalue weighted by atomic mass is 16.5. The van der Waals surface area contributed by atoms with E-state index in [4.69, 9.17) is 4.74 Å². The van der Waals surface area contributed by atoms with Crippen molar-refractivity contribution in [3.8, 4) is 5.75 Å². The van der Waals surface area contributed by atoms with Crippen molar-refractivity contribution in [3.63, 3.8) is 0 Å². The Labute approximate surface area is 208 Å². The number of carbonyl (C=O) groups excluding carboxylic acids is 1. The molecule has 194 valence electrons. The van der Waals surface area contributed by atoms with Crippen LogP contribution in [0.5, 0.6) is 5.75 Å². The molecular weight excluding hydrogens is 448 g/mol. The number of hydrogen-bond acceptors (Lipinski definition) is 7. The molecule has 35 heavy (non-hydrogen) atoms.